The van der Waals surface area contributed by atoms with E-state index < -0.39 is 11.9 Å². The molecule has 0 aliphatic carbocycles. The molecule has 0 aliphatic heterocycles. The van der Waals surface area contributed by atoms with Gasteiger partial charge in [-0.1, -0.05) is 12.2 Å². The van der Waals surface area contributed by atoms with E-state index in [-0.39, 0.29) is 0 Å². The first kappa shape index (κ1) is 9.38. The van der Waals surface area contributed by atoms with Crippen LogP contribution in [0.2, 0.25) is 0 Å². The SMILES string of the molecule is NOC(=O)/C=C\C=C/C(=O)O. The zero-order valence-electron chi connectivity index (χ0n) is 5.56. The minimum absolute atomic E-state index is 0.736. The van der Waals surface area contributed by atoms with Crippen molar-refractivity contribution in [2.24, 2.45) is 5.90 Å². The first-order chi connectivity index (χ1) is 5.16. The van der Waals surface area contributed by atoms with Gasteiger partial charge in [0.15, 0.2) is 0 Å². The summed E-state index contributed by atoms with van der Waals surface area (Å²) in [6.45, 7) is 0. The van der Waals surface area contributed by atoms with E-state index in [1.807, 2.05) is 0 Å². The van der Waals surface area contributed by atoms with Crippen LogP contribution in [-0.2, 0) is 14.4 Å². The number of carboxylic acids is 1. The highest BCUT2D eigenvalue weighted by Crippen LogP contribution is 1.79. The minimum atomic E-state index is -1.09. The summed E-state index contributed by atoms with van der Waals surface area (Å²) in [5.41, 5.74) is 0. The summed E-state index contributed by atoms with van der Waals surface area (Å²) >= 11 is 0. The van der Waals surface area contributed by atoms with Crippen LogP contribution in [-0.4, -0.2) is 17.0 Å². The predicted octanol–water partition coefficient (Wildman–Crippen LogP) is -0.400. The Hall–Kier alpha value is -1.62. The van der Waals surface area contributed by atoms with Crippen LogP contribution in [0.3, 0.4) is 0 Å². The minimum Gasteiger partial charge on any atom is -0.478 e. The number of rotatable bonds is 3. The number of allylic oxidation sites excluding steroid dienone is 2. The predicted molar refractivity (Wildman–Crippen MR) is 36.2 cm³/mol. The van der Waals surface area contributed by atoms with E-state index in [2.05, 4.69) is 10.7 Å². The van der Waals surface area contributed by atoms with Crippen molar-refractivity contribution in [2.45, 2.75) is 0 Å². The lowest BCUT2D eigenvalue weighted by Gasteiger charge is -1.84. The van der Waals surface area contributed by atoms with Crippen LogP contribution < -0.4 is 5.90 Å². The standard InChI is InChI=1S/C6H7NO4/c7-11-6(10)4-2-1-3-5(8)9/h1-4H,7H2,(H,8,9)/b3-1-,4-2-. The number of hydrogen-bond acceptors (Lipinski definition) is 4. The molecule has 5 heteroatoms. The van der Waals surface area contributed by atoms with Gasteiger partial charge in [-0.2, -0.15) is 5.90 Å². The molecule has 0 bridgehead atoms. The fourth-order valence-electron chi connectivity index (χ4n) is 0.311. The zero-order chi connectivity index (χ0) is 8.69. The number of carbonyl (C=O) groups excluding carboxylic acids is 1. The Kier molecular flexibility index (Phi) is 4.42. The van der Waals surface area contributed by atoms with Gasteiger partial charge >= 0.3 is 11.9 Å². The molecule has 0 unspecified atom stereocenters. The molecule has 0 aromatic carbocycles. The zero-order valence-corrected chi connectivity index (χ0v) is 5.56. The molecule has 0 fully saturated rings. The summed E-state index contributed by atoms with van der Waals surface area (Å²) < 4.78 is 0. The van der Waals surface area contributed by atoms with Crippen molar-refractivity contribution in [1.82, 2.24) is 0 Å². The average molecular weight is 157 g/mol. The van der Waals surface area contributed by atoms with Crippen LogP contribution in [0.5, 0.6) is 0 Å². The highest BCUT2D eigenvalue weighted by Gasteiger charge is 1.88. The summed E-state index contributed by atoms with van der Waals surface area (Å²) in [6, 6.07) is 0. The van der Waals surface area contributed by atoms with E-state index in [0.29, 0.717) is 0 Å². The van der Waals surface area contributed by atoms with Crippen molar-refractivity contribution in [3.63, 3.8) is 0 Å². The topological polar surface area (TPSA) is 89.6 Å². The Morgan fingerprint density at radius 1 is 1.27 bits per heavy atom. The summed E-state index contributed by atoms with van der Waals surface area (Å²) in [7, 11) is 0. The molecule has 11 heavy (non-hydrogen) atoms. The van der Waals surface area contributed by atoms with Gasteiger partial charge in [-0.3, -0.25) is 0 Å². The lowest BCUT2D eigenvalue weighted by Crippen LogP contribution is -2.05. The monoisotopic (exact) mass is 157 g/mol. The third kappa shape index (κ3) is 6.26. The van der Waals surface area contributed by atoms with Crippen molar-refractivity contribution in [3.05, 3.63) is 24.3 Å². The van der Waals surface area contributed by atoms with Crippen LogP contribution >= 0.6 is 0 Å². The normalized spacial score (nSPS) is 10.6. The smallest absolute Gasteiger partial charge is 0.349 e. The number of hydrogen-bond donors (Lipinski definition) is 2. The largest absolute Gasteiger partial charge is 0.478 e. The molecule has 0 saturated carbocycles. The summed E-state index contributed by atoms with van der Waals surface area (Å²) in [5.74, 6) is 2.65. The van der Waals surface area contributed by atoms with Crippen LogP contribution in [0, 0.1) is 0 Å². The second kappa shape index (κ2) is 5.19. The molecular weight excluding hydrogens is 150 g/mol. The van der Waals surface area contributed by atoms with E-state index >= 15 is 0 Å². The molecule has 5 nitrogen and oxygen atoms in total. The van der Waals surface area contributed by atoms with Crippen molar-refractivity contribution in [1.29, 1.82) is 0 Å². The van der Waals surface area contributed by atoms with Crippen LogP contribution in [0.4, 0.5) is 0 Å². The maximum absolute atomic E-state index is 10.2. The van der Waals surface area contributed by atoms with Crippen LogP contribution in [0.15, 0.2) is 24.3 Å². The van der Waals surface area contributed by atoms with Gasteiger partial charge in [0.1, 0.15) is 0 Å². The molecule has 60 valence electrons. The molecule has 0 atom stereocenters. The third-order valence-electron chi connectivity index (χ3n) is 0.698. The Labute approximate surface area is 62.7 Å². The molecular formula is C6H7NO4. The summed E-state index contributed by atoms with van der Waals surface area (Å²) in [6.07, 6.45) is 4.27. The second-order valence-corrected chi connectivity index (χ2v) is 1.49. The van der Waals surface area contributed by atoms with Gasteiger partial charge in [-0.05, 0) is 0 Å². The van der Waals surface area contributed by atoms with E-state index in [9.17, 15) is 9.59 Å². The Balaban J connectivity index is 3.77. The van der Waals surface area contributed by atoms with E-state index in [4.69, 9.17) is 5.11 Å². The quantitative estimate of drug-likeness (QED) is 0.330. The molecule has 0 aromatic heterocycles. The number of nitrogens with two attached hydrogens (primary N) is 1. The van der Waals surface area contributed by atoms with Crippen molar-refractivity contribution >= 4 is 11.9 Å². The number of aliphatic carboxylic acids is 1. The molecule has 0 aliphatic rings. The first-order valence-electron chi connectivity index (χ1n) is 2.65. The molecule has 0 aromatic rings. The van der Waals surface area contributed by atoms with E-state index in [0.717, 1.165) is 12.2 Å². The molecule has 0 radical (unpaired) electrons. The Morgan fingerprint density at radius 3 is 2.27 bits per heavy atom. The fourth-order valence-corrected chi connectivity index (χ4v) is 0.311. The molecule has 0 spiro atoms. The maximum atomic E-state index is 10.2. The summed E-state index contributed by atoms with van der Waals surface area (Å²) in [5, 5.41) is 8.07. The fraction of sp³-hybridized carbons (Fsp3) is 0. The maximum Gasteiger partial charge on any atom is 0.349 e. The first-order valence-corrected chi connectivity index (χ1v) is 2.65. The highest BCUT2D eigenvalue weighted by molar-refractivity contribution is 5.83. The number of carbonyl (C=O) groups is 2. The lowest BCUT2D eigenvalue weighted by molar-refractivity contribution is -0.138. The van der Waals surface area contributed by atoms with Gasteiger partial charge in [-0.25, -0.2) is 9.59 Å². The van der Waals surface area contributed by atoms with Gasteiger partial charge in [0.05, 0.1) is 0 Å². The Bertz CT molecular complexity index is 207. The van der Waals surface area contributed by atoms with E-state index in [1.165, 1.54) is 12.2 Å². The molecule has 3 N–H and O–H groups in total. The second-order valence-electron chi connectivity index (χ2n) is 1.49. The van der Waals surface area contributed by atoms with Gasteiger partial charge < -0.3 is 9.94 Å². The van der Waals surface area contributed by atoms with Crippen LogP contribution in [0.25, 0.3) is 0 Å². The molecule has 0 heterocycles. The van der Waals surface area contributed by atoms with Crippen molar-refractivity contribution in [2.75, 3.05) is 0 Å². The van der Waals surface area contributed by atoms with Crippen molar-refractivity contribution in [3.8, 4) is 0 Å². The highest BCUT2D eigenvalue weighted by atomic mass is 16.7. The van der Waals surface area contributed by atoms with Gasteiger partial charge in [0.25, 0.3) is 0 Å². The lowest BCUT2D eigenvalue weighted by atomic mass is 10.4. The molecule has 0 amide bonds. The average Bonchev–Trinajstić information content (AvgIpc) is 1.97. The molecule has 0 saturated heterocycles. The van der Waals surface area contributed by atoms with Crippen molar-refractivity contribution < 1.29 is 19.5 Å². The molecule has 0 rings (SSSR count). The third-order valence-corrected chi connectivity index (χ3v) is 0.698. The number of carboxylic acid groups (broad SMARTS) is 1. The van der Waals surface area contributed by atoms with Crippen LogP contribution in [0.1, 0.15) is 0 Å². The van der Waals surface area contributed by atoms with Gasteiger partial charge in [0.2, 0.25) is 0 Å². The van der Waals surface area contributed by atoms with E-state index in [1.54, 1.807) is 0 Å². The van der Waals surface area contributed by atoms with Gasteiger partial charge in [0, 0.05) is 12.2 Å². The summed E-state index contributed by atoms with van der Waals surface area (Å²) in [4.78, 5) is 23.8. The Morgan fingerprint density at radius 2 is 1.82 bits per heavy atom. The van der Waals surface area contributed by atoms with Gasteiger partial charge in [-0.15, -0.1) is 0 Å².